The quantitative estimate of drug-likeness (QED) is 0.646. The lowest BCUT2D eigenvalue weighted by atomic mass is 10.2. The van der Waals surface area contributed by atoms with Gasteiger partial charge in [-0.2, -0.15) is 0 Å². The van der Waals surface area contributed by atoms with E-state index in [4.69, 9.17) is 14.6 Å². The molecule has 0 radical (unpaired) electrons. The monoisotopic (exact) mass is 406 g/mol. The first-order valence-electron chi connectivity index (χ1n) is 8.48. The summed E-state index contributed by atoms with van der Waals surface area (Å²) in [5, 5.41) is 7.54. The van der Waals surface area contributed by atoms with Crippen LogP contribution < -0.4 is 15.2 Å². The standard InChI is InChI=1S/C19H22N2O6S/c1-13-3-7-16(8-4-13)26-12-11-18(22)27-14(2)19(23)21-15-5-9-17(10-6-15)28(20,24)25/h3-10,14H,11-12H2,1-2H3,(H,21,23)(H2,20,24,25)/t14-/m0/s1. The highest BCUT2D eigenvalue weighted by Crippen LogP contribution is 2.14. The largest absolute Gasteiger partial charge is 0.493 e. The number of carbonyl (C=O) groups is 2. The molecule has 0 aliphatic heterocycles. The number of sulfonamides is 1. The zero-order valence-corrected chi connectivity index (χ0v) is 16.4. The topological polar surface area (TPSA) is 125 Å². The van der Waals surface area contributed by atoms with E-state index in [0.717, 1.165) is 5.56 Å². The number of hydrogen-bond acceptors (Lipinski definition) is 6. The van der Waals surface area contributed by atoms with Gasteiger partial charge in [0.25, 0.3) is 5.91 Å². The van der Waals surface area contributed by atoms with Crippen LogP contribution in [0.25, 0.3) is 0 Å². The number of nitrogens with two attached hydrogens (primary N) is 1. The number of aryl methyl sites for hydroxylation is 1. The Morgan fingerprint density at radius 1 is 1.07 bits per heavy atom. The molecule has 2 aromatic rings. The van der Waals surface area contributed by atoms with Gasteiger partial charge in [0, 0.05) is 5.69 Å². The molecule has 0 aliphatic rings. The average molecular weight is 406 g/mol. The van der Waals surface area contributed by atoms with Crippen LogP contribution >= 0.6 is 0 Å². The summed E-state index contributed by atoms with van der Waals surface area (Å²) in [6, 6.07) is 12.7. The fourth-order valence-electron chi connectivity index (χ4n) is 2.17. The van der Waals surface area contributed by atoms with Gasteiger partial charge in [0.1, 0.15) is 5.75 Å². The Morgan fingerprint density at radius 3 is 2.25 bits per heavy atom. The van der Waals surface area contributed by atoms with Gasteiger partial charge in [-0.1, -0.05) is 17.7 Å². The van der Waals surface area contributed by atoms with Gasteiger partial charge < -0.3 is 14.8 Å². The fraction of sp³-hybridized carbons (Fsp3) is 0.263. The molecular formula is C19H22N2O6S. The van der Waals surface area contributed by atoms with Crippen molar-refractivity contribution in [1.82, 2.24) is 0 Å². The highest BCUT2D eigenvalue weighted by molar-refractivity contribution is 7.89. The molecule has 0 spiro atoms. The van der Waals surface area contributed by atoms with Crippen LogP contribution in [0.3, 0.4) is 0 Å². The number of carbonyl (C=O) groups excluding carboxylic acids is 2. The normalized spacial score (nSPS) is 12.1. The zero-order chi connectivity index (χ0) is 20.7. The van der Waals surface area contributed by atoms with Crippen LogP contribution in [-0.4, -0.2) is 33.0 Å². The van der Waals surface area contributed by atoms with Crippen LogP contribution in [-0.2, 0) is 24.3 Å². The van der Waals surface area contributed by atoms with Crippen molar-refractivity contribution in [1.29, 1.82) is 0 Å². The third kappa shape index (κ3) is 6.67. The number of ether oxygens (including phenoxy) is 2. The number of esters is 1. The first-order valence-corrected chi connectivity index (χ1v) is 10.0. The number of amides is 1. The van der Waals surface area contributed by atoms with Crippen molar-refractivity contribution in [3.05, 3.63) is 54.1 Å². The van der Waals surface area contributed by atoms with Crippen molar-refractivity contribution in [2.75, 3.05) is 11.9 Å². The molecule has 0 heterocycles. The maximum Gasteiger partial charge on any atom is 0.310 e. The van der Waals surface area contributed by atoms with E-state index in [0.29, 0.717) is 11.4 Å². The van der Waals surface area contributed by atoms with Crippen LogP contribution in [0.5, 0.6) is 5.75 Å². The van der Waals surface area contributed by atoms with Gasteiger partial charge in [-0.3, -0.25) is 9.59 Å². The Hall–Kier alpha value is -2.91. The van der Waals surface area contributed by atoms with Gasteiger partial charge in [-0.15, -0.1) is 0 Å². The molecule has 3 N–H and O–H groups in total. The Morgan fingerprint density at radius 2 is 1.68 bits per heavy atom. The second kappa shape index (κ2) is 9.34. The molecule has 0 fully saturated rings. The lowest BCUT2D eigenvalue weighted by Gasteiger charge is -2.14. The van der Waals surface area contributed by atoms with E-state index in [1.165, 1.54) is 31.2 Å². The van der Waals surface area contributed by atoms with Crippen molar-refractivity contribution in [2.24, 2.45) is 5.14 Å². The molecule has 2 aromatic carbocycles. The molecule has 0 aliphatic carbocycles. The Kier molecular flexibility index (Phi) is 7.13. The second-order valence-electron chi connectivity index (χ2n) is 6.10. The van der Waals surface area contributed by atoms with Crippen LogP contribution in [0.15, 0.2) is 53.4 Å². The molecular weight excluding hydrogens is 384 g/mol. The maximum atomic E-state index is 12.1. The minimum atomic E-state index is -3.81. The zero-order valence-electron chi connectivity index (χ0n) is 15.5. The predicted molar refractivity (Wildman–Crippen MR) is 103 cm³/mol. The Bertz CT molecular complexity index is 924. The first kappa shape index (κ1) is 21.4. The number of hydrogen-bond donors (Lipinski definition) is 2. The minimum Gasteiger partial charge on any atom is -0.493 e. The van der Waals surface area contributed by atoms with E-state index < -0.39 is 28.0 Å². The molecule has 0 saturated heterocycles. The summed E-state index contributed by atoms with van der Waals surface area (Å²) in [4.78, 5) is 23.9. The summed E-state index contributed by atoms with van der Waals surface area (Å²) in [6.45, 7) is 3.53. The van der Waals surface area contributed by atoms with Crippen LogP contribution in [0.1, 0.15) is 18.9 Å². The van der Waals surface area contributed by atoms with E-state index >= 15 is 0 Å². The number of nitrogens with one attached hydrogen (secondary N) is 1. The Labute approximate surface area is 163 Å². The van der Waals surface area contributed by atoms with Gasteiger partial charge in [0.05, 0.1) is 17.9 Å². The molecule has 1 amide bonds. The van der Waals surface area contributed by atoms with E-state index in [2.05, 4.69) is 5.32 Å². The smallest absolute Gasteiger partial charge is 0.310 e. The summed E-state index contributed by atoms with van der Waals surface area (Å²) in [5.41, 5.74) is 1.45. The van der Waals surface area contributed by atoms with Crippen LogP contribution in [0, 0.1) is 6.92 Å². The van der Waals surface area contributed by atoms with E-state index in [-0.39, 0.29) is 17.9 Å². The second-order valence-corrected chi connectivity index (χ2v) is 7.66. The third-order valence-electron chi connectivity index (χ3n) is 3.72. The molecule has 28 heavy (non-hydrogen) atoms. The van der Waals surface area contributed by atoms with Gasteiger partial charge >= 0.3 is 5.97 Å². The van der Waals surface area contributed by atoms with Gasteiger partial charge in [-0.25, -0.2) is 13.6 Å². The van der Waals surface area contributed by atoms with Crippen molar-refractivity contribution >= 4 is 27.6 Å². The van der Waals surface area contributed by atoms with Gasteiger partial charge in [0.2, 0.25) is 10.0 Å². The minimum absolute atomic E-state index is 0.00540. The highest BCUT2D eigenvalue weighted by atomic mass is 32.2. The van der Waals surface area contributed by atoms with Crippen molar-refractivity contribution in [3.8, 4) is 5.75 Å². The Balaban J connectivity index is 1.77. The molecule has 2 rings (SSSR count). The molecule has 0 unspecified atom stereocenters. The van der Waals surface area contributed by atoms with Gasteiger partial charge in [-0.05, 0) is 50.2 Å². The average Bonchev–Trinajstić information content (AvgIpc) is 2.63. The summed E-state index contributed by atoms with van der Waals surface area (Å²) in [5.74, 6) is -0.470. The number of benzene rings is 2. The summed E-state index contributed by atoms with van der Waals surface area (Å²) < 4.78 is 32.9. The maximum absolute atomic E-state index is 12.1. The van der Waals surface area contributed by atoms with Crippen molar-refractivity contribution in [3.63, 3.8) is 0 Å². The summed E-state index contributed by atoms with van der Waals surface area (Å²) in [7, 11) is -3.81. The number of primary sulfonamides is 1. The van der Waals surface area contributed by atoms with Crippen molar-refractivity contribution in [2.45, 2.75) is 31.3 Å². The fourth-order valence-corrected chi connectivity index (χ4v) is 2.68. The predicted octanol–water partition coefficient (Wildman–Crippen LogP) is 1.98. The van der Waals surface area contributed by atoms with Crippen LogP contribution in [0.4, 0.5) is 5.69 Å². The van der Waals surface area contributed by atoms with E-state index in [1.54, 1.807) is 12.1 Å². The lowest BCUT2D eigenvalue weighted by Crippen LogP contribution is -2.30. The number of rotatable bonds is 8. The SMILES string of the molecule is Cc1ccc(OCCC(=O)O[C@@H](C)C(=O)Nc2ccc(S(N)(=O)=O)cc2)cc1. The molecule has 0 saturated carbocycles. The van der Waals surface area contributed by atoms with Gasteiger partial charge in [0.15, 0.2) is 6.10 Å². The summed E-state index contributed by atoms with van der Waals surface area (Å²) >= 11 is 0. The molecule has 9 heteroatoms. The molecule has 0 bridgehead atoms. The molecule has 150 valence electrons. The highest BCUT2D eigenvalue weighted by Gasteiger charge is 2.18. The number of anilines is 1. The molecule has 0 aromatic heterocycles. The molecule has 8 nitrogen and oxygen atoms in total. The summed E-state index contributed by atoms with van der Waals surface area (Å²) in [6.07, 6.45) is -1.03. The third-order valence-corrected chi connectivity index (χ3v) is 4.65. The molecule has 1 atom stereocenters. The van der Waals surface area contributed by atoms with E-state index in [9.17, 15) is 18.0 Å². The van der Waals surface area contributed by atoms with Crippen LogP contribution in [0.2, 0.25) is 0 Å². The lowest BCUT2D eigenvalue weighted by molar-refractivity contribution is -0.153. The van der Waals surface area contributed by atoms with Crippen molar-refractivity contribution < 1.29 is 27.5 Å². The first-order chi connectivity index (χ1) is 13.1. The van der Waals surface area contributed by atoms with E-state index in [1.807, 2.05) is 19.1 Å².